The van der Waals surface area contributed by atoms with E-state index in [1.807, 2.05) is 6.20 Å². The molecule has 1 aliphatic rings. The fraction of sp³-hybridized carbons (Fsp3) is 0.800. The van der Waals surface area contributed by atoms with Gasteiger partial charge in [-0.3, -0.25) is 0 Å². The third-order valence-corrected chi connectivity index (χ3v) is 4.28. The van der Waals surface area contributed by atoms with Crippen molar-refractivity contribution in [1.82, 2.24) is 14.9 Å². The monoisotopic (exact) mass is 249 g/mol. The molecule has 1 aliphatic carbocycles. The molecule has 0 aliphatic heterocycles. The van der Waals surface area contributed by atoms with Crippen molar-refractivity contribution >= 4 is 0 Å². The van der Waals surface area contributed by atoms with E-state index in [2.05, 4.69) is 41.8 Å². The molecular weight excluding hydrogens is 222 g/mol. The second kappa shape index (κ2) is 5.87. The Balaban J connectivity index is 1.92. The van der Waals surface area contributed by atoms with Crippen LogP contribution in [0.3, 0.4) is 0 Å². The van der Waals surface area contributed by atoms with Crippen LogP contribution in [-0.4, -0.2) is 15.6 Å². The van der Waals surface area contributed by atoms with Crippen LogP contribution in [0.4, 0.5) is 0 Å². The highest BCUT2D eigenvalue weighted by molar-refractivity contribution is 4.95. The maximum absolute atomic E-state index is 4.47. The summed E-state index contributed by atoms with van der Waals surface area (Å²) in [7, 11) is 0. The Morgan fingerprint density at radius 2 is 2.28 bits per heavy atom. The predicted molar refractivity (Wildman–Crippen MR) is 75.4 cm³/mol. The first-order chi connectivity index (χ1) is 8.63. The summed E-state index contributed by atoms with van der Waals surface area (Å²) in [5, 5.41) is 3.73. The summed E-state index contributed by atoms with van der Waals surface area (Å²) in [4.78, 5) is 4.47. The van der Waals surface area contributed by atoms with Crippen LogP contribution in [0.2, 0.25) is 0 Å². The zero-order valence-electron chi connectivity index (χ0n) is 12.1. The zero-order valence-corrected chi connectivity index (χ0v) is 12.1. The Hall–Kier alpha value is -0.830. The van der Waals surface area contributed by atoms with Gasteiger partial charge in [0.1, 0.15) is 5.82 Å². The Labute approximate surface area is 111 Å². The van der Waals surface area contributed by atoms with Crippen LogP contribution < -0.4 is 5.32 Å². The lowest BCUT2D eigenvalue weighted by atomic mass is 9.73. The minimum absolute atomic E-state index is 0.431. The molecule has 3 heteroatoms. The van der Waals surface area contributed by atoms with Crippen LogP contribution >= 0.6 is 0 Å². The number of imidazole rings is 1. The van der Waals surface area contributed by atoms with Crippen LogP contribution in [0.1, 0.15) is 58.7 Å². The van der Waals surface area contributed by atoms with Crippen molar-refractivity contribution in [2.24, 2.45) is 5.41 Å². The minimum atomic E-state index is 0.431. The third-order valence-electron chi connectivity index (χ3n) is 4.28. The highest BCUT2D eigenvalue weighted by atomic mass is 15.1. The van der Waals surface area contributed by atoms with E-state index in [4.69, 9.17) is 0 Å². The van der Waals surface area contributed by atoms with Crippen molar-refractivity contribution in [3.05, 3.63) is 18.2 Å². The number of aryl methyl sites for hydroxylation is 1. The maximum atomic E-state index is 4.47. The number of rotatable bonds is 5. The number of aromatic nitrogens is 2. The van der Waals surface area contributed by atoms with Gasteiger partial charge in [-0.1, -0.05) is 33.6 Å². The van der Waals surface area contributed by atoms with Gasteiger partial charge in [0, 0.05) is 25.0 Å². The number of hydrogen-bond acceptors (Lipinski definition) is 2. The van der Waals surface area contributed by atoms with Crippen molar-refractivity contribution in [1.29, 1.82) is 0 Å². The molecule has 1 atom stereocenters. The fourth-order valence-corrected chi connectivity index (χ4v) is 3.04. The number of nitrogens with zero attached hydrogens (tertiary/aromatic N) is 2. The molecular formula is C15H27N3. The molecule has 1 N–H and O–H groups in total. The van der Waals surface area contributed by atoms with Gasteiger partial charge in [-0.05, 0) is 24.7 Å². The molecule has 0 amide bonds. The Morgan fingerprint density at radius 1 is 1.44 bits per heavy atom. The van der Waals surface area contributed by atoms with Crippen LogP contribution in [0.5, 0.6) is 0 Å². The largest absolute Gasteiger partial charge is 0.334 e. The van der Waals surface area contributed by atoms with Crippen LogP contribution in [0.15, 0.2) is 12.4 Å². The molecule has 2 rings (SSSR count). The zero-order chi connectivity index (χ0) is 13.0. The van der Waals surface area contributed by atoms with Crippen LogP contribution in [-0.2, 0) is 13.1 Å². The minimum Gasteiger partial charge on any atom is -0.334 e. The van der Waals surface area contributed by atoms with Gasteiger partial charge < -0.3 is 9.88 Å². The van der Waals surface area contributed by atoms with E-state index >= 15 is 0 Å². The molecule has 1 aromatic rings. The van der Waals surface area contributed by atoms with Gasteiger partial charge in [0.15, 0.2) is 0 Å². The van der Waals surface area contributed by atoms with Crippen LogP contribution in [0.25, 0.3) is 0 Å². The van der Waals surface area contributed by atoms with E-state index in [1.165, 1.54) is 31.5 Å². The van der Waals surface area contributed by atoms with Crippen molar-refractivity contribution in [2.45, 2.75) is 72.0 Å². The van der Waals surface area contributed by atoms with Crippen molar-refractivity contribution < 1.29 is 0 Å². The number of hydrogen-bond donors (Lipinski definition) is 1. The molecule has 0 saturated heterocycles. The summed E-state index contributed by atoms with van der Waals surface area (Å²) in [5.74, 6) is 1.18. The summed E-state index contributed by atoms with van der Waals surface area (Å²) < 4.78 is 2.27. The predicted octanol–water partition coefficient (Wildman–Crippen LogP) is 3.35. The first-order valence-corrected chi connectivity index (χ1v) is 7.37. The molecule has 18 heavy (non-hydrogen) atoms. The molecule has 102 valence electrons. The van der Waals surface area contributed by atoms with Gasteiger partial charge in [-0.2, -0.15) is 0 Å². The topological polar surface area (TPSA) is 29.9 Å². The molecule has 3 nitrogen and oxygen atoms in total. The normalized spacial score (nSPS) is 23.2. The standard InChI is InChI=1S/C15H27N3/c1-4-10-18-11-9-16-14(18)12-17-13-7-5-6-8-15(13,2)3/h9,11,13,17H,4-8,10,12H2,1-3H3. The molecule has 1 unspecified atom stereocenters. The summed E-state index contributed by atoms with van der Waals surface area (Å²) >= 11 is 0. The molecule has 1 heterocycles. The Bertz CT molecular complexity index is 368. The van der Waals surface area contributed by atoms with Crippen molar-refractivity contribution in [3.8, 4) is 0 Å². The van der Waals surface area contributed by atoms with Gasteiger partial charge in [-0.25, -0.2) is 4.98 Å². The van der Waals surface area contributed by atoms with Gasteiger partial charge in [-0.15, -0.1) is 0 Å². The molecule has 0 aromatic carbocycles. The second-order valence-electron chi connectivity index (χ2n) is 6.20. The van der Waals surface area contributed by atoms with Crippen molar-refractivity contribution in [2.75, 3.05) is 0 Å². The van der Waals surface area contributed by atoms with E-state index in [9.17, 15) is 0 Å². The second-order valence-corrected chi connectivity index (χ2v) is 6.20. The quantitative estimate of drug-likeness (QED) is 0.867. The lowest BCUT2D eigenvalue weighted by Gasteiger charge is -2.39. The summed E-state index contributed by atoms with van der Waals surface area (Å²) in [5.41, 5.74) is 0.431. The van der Waals surface area contributed by atoms with Gasteiger partial charge >= 0.3 is 0 Å². The van der Waals surface area contributed by atoms with Crippen molar-refractivity contribution in [3.63, 3.8) is 0 Å². The lowest BCUT2D eigenvalue weighted by Crippen LogP contribution is -2.44. The highest BCUT2D eigenvalue weighted by Gasteiger charge is 2.31. The average molecular weight is 249 g/mol. The van der Waals surface area contributed by atoms with E-state index in [-0.39, 0.29) is 0 Å². The maximum Gasteiger partial charge on any atom is 0.122 e. The van der Waals surface area contributed by atoms with E-state index < -0.39 is 0 Å². The Kier molecular flexibility index (Phi) is 4.44. The smallest absolute Gasteiger partial charge is 0.122 e. The summed E-state index contributed by atoms with van der Waals surface area (Å²) in [6.45, 7) is 8.97. The molecule has 1 fully saturated rings. The van der Waals surface area contributed by atoms with Gasteiger partial charge in [0.2, 0.25) is 0 Å². The first kappa shape index (κ1) is 13.6. The summed E-state index contributed by atoms with van der Waals surface area (Å²) in [6.07, 6.45) is 10.6. The fourth-order valence-electron chi connectivity index (χ4n) is 3.04. The van der Waals surface area contributed by atoms with E-state index in [0.717, 1.165) is 19.5 Å². The third kappa shape index (κ3) is 3.14. The summed E-state index contributed by atoms with van der Waals surface area (Å²) in [6, 6.07) is 0.637. The lowest BCUT2D eigenvalue weighted by molar-refractivity contribution is 0.165. The van der Waals surface area contributed by atoms with E-state index in [1.54, 1.807) is 0 Å². The molecule has 1 saturated carbocycles. The Morgan fingerprint density at radius 3 is 3.00 bits per heavy atom. The van der Waals surface area contributed by atoms with Gasteiger partial charge in [0.25, 0.3) is 0 Å². The molecule has 0 spiro atoms. The highest BCUT2D eigenvalue weighted by Crippen LogP contribution is 2.35. The molecule has 0 bridgehead atoms. The SMILES string of the molecule is CCCn1ccnc1CNC1CCCCC1(C)C. The van der Waals surface area contributed by atoms with Crippen LogP contribution in [0, 0.1) is 5.41 Å². The van der Waals surface area contributed by atoms with Gasteiger partial charge in [0.05, 0.1) is 6.54 Å². The van der Waals surface area contributed by atoms with E-state index in [0.29, 0.717) is 11.5 Å². The average Bonchev–Trinajstić information content (AvgIpc) is 2.75. The molecule has 0 radical (unpaired) electrons. The molecule has 1 aromatic heterocycles. The first-order valence-electron chi connectivity index (χ1n) is 7.37. The number of nitrogens with one attached hydrogen (secondary N) is 1.